The van der Waals surface area contributed by atoms with Gasteiger partial charge in [-0.15, -0.1) is 11.3 Å². The molecule has 0 aliphatic heterocycles. The molecule has 0 atom stereocenters. The molecule has 0 bridgehead atoms. The van der Waals surface area contributed by atoms with Crippen LogP contribution in [0.4, 0.5) is 4.39 Å². The number of para-hydroxylation sites is 1. The van der Waals surface area contributed by atoms with Gasteiger partial charge >= 0.3 is 5.97 Å². The number of aliphatic carboxylic acids is 1. The Balaban J connectivity index is 2.09. The van der Waals surface area contributed by atoms with Gasteiger partial charge in [0, 0.05) is 4.88 Å². The van der Waals surface area contributed by atoms with Crippen molar-refractivity contribution in [1.29, 1.82) is 0 Å². The van der Waals surface area contributed by atoms with Gasteiger partial charge in [0.2, 0.25) is 0 Å². The first-order valence-corrected chi connectivity index (χ1v) is 7.48. The molecule has 0 aliphatic rings. The van der Waals surface area contributed by atoms with Crippen molar-refractivity contribution in [3.05, 3.63) is 45.7 Å². The molecule has 0 fully saturated rings. The summed E-state index contributed by atoms with van der Waals surface area (Å²) in [6, 6.07) is 6.16. The average molecular weight is 309 g/mol. The van der Waals surface area contributed by atoms with E-state index >= 15 is 0 Å². The Morgan fingerprint density at radius 3 is 2.86 bits per heavy atom. The standard InChI is InChI=1S/C15H16FNO3S/c1-2-5-11-13(8-15(18)19)21-14(17-11)9-20-12-7-4-3-6-10(12)16/h3-4,6-7H,2,5,8-9H2,1H3,(H,18,19). The Bertz CT molecular complexity index is 627. The first-order valence-electron chi connectivity index (χ1n) is 6.66. The molecular formula is C15H16FNO3S. The second kappa shape index (κ2) is 7.17. The molecule has 1 N–H and O–H groups in total. The Labute approximate surface area is 126 Å². The van der Waals surface area contributed by atoms with Gasteiger partial charge in [0.25, 0.3) is 0 Å². The number of hydrogen-bond donors (Lipinski definition) is 1. The third-order valence-electron chi connectivity index (χ3n) is 2.81. The molecule has 6 heteroatoms. The summed E-state index contributed by atoms with van der Waals surface area (Å²) in [5, 5.41) is 9.58. The summed E-state index contributed by atoms with van der Waals surface area (Å²) < 4.78 is 18.8. The van der Waals surface area contributed by atoms with Crippen molar-refractivity contribution in [3.8, 4) is 5.75 Å². The number of benzene rings is 1. The van der Waals surface area contributed by atoms with E-state index in [9.17, 15) is 9.18 Å². The zero-order valence-corrected chi connectivity index (χ0v) is 12.5. The van der Waals surface area contributed by atoms with Gasteiger partial charge in [-0.25, -0.2) is 9.37 Å². The summed E-state index contributed by atoms with van der Waals surface area (Å²) in [4.78, 5) is 16.0. The van der Waals surface area contributed by atoms with Crippen LogP contribution in [-0.4, -0.2) is 16.1 Å². The van der Waals surface area contributed by atoms with E-state index in [4.69, 9.17) is 9.84 Å². The number of rotatable bonds is 7. The van der Waals surface area contributed by atoms with Gasteiger partial charge < -0.3 is 9.84 Å². The topological polar surface area (TPSA) is 59.4 Å². The van der Waals surface area contributed by atoms with Crippen LogP contribution in [0.3, 0.4) is 0 Å². The van der Waals surface area contributed by atoms with E-state index in [-0.39, 0.29) is 18.8 Å². The summed E-state index contributed by atoms with van der Waals surface area (Å²) >= 11 is 1.31. The smallest absolute Gasteiger partial charge is 0.308 e. The fourth-order valence-electron chi connectivity index (χ4n) is 1.91. The van der Waals surface area contributed by atoms with Crippen molar-refractivity contribution >= 4 is 17.3 Å². The third-order valence-corrected chi connectivity index (χ3v) is 3.88. The molecule has 0 saturated carbocycles. The molecule has 112 valence electrons. The highest BCUT2D eigenvalue weighted by Crippen LogP contribution is 2.23. The maximum atomic E-state index is 13.4. The van der Waals surface area contributed by atoms with Gasteiger partial charge in [0.05, 0.1) is 12.1 Å². The SMILES string of the molecule is CCCc1nc(COc2ccccc2F)sc1CC(=O)O. The molecular weight excluding hydrogens is 293 g/mol. The summed E-state index contributed by atoms with van der Waals surface area (Å²) in [5.74, 6) is -1.13. The van der Waals surface area contributed by atoms with E-state index in [1.54, 1.807) is 18.2 Å². The van der Waals surface area contributed by atoms with Crippen molar-refractivity contribution < 1.29 is 19.0 Å². The quantitative estimate of drug-likeness (QED) is 0.851. The van der Waals surface area contributed by atoms with Crippen molar-refractivity contribution in [3.63, 3.8) is 0 Å². The molecule has 1 aromatic carbocycles. The van der Waals surface area contributed by atoms with Crippen LogP contribution in [0, 0.1) is 5.82 Å². The fourth-order valence-corrected chi connectivity index (χ4v) is 2.93. The van der Waals surface area contributed by atoms with Crippen molar-refractivity contribution in [1.82, 2.24) is 4.98 Å². The van der Waals surface area contributed by atoms with Crippen molar-refractivity contribution in [2.24, 2.45) is 0 Å². The number of aromatic nitrogens is 1. The minimum atomic E-state index is -0.877. The highest BCUT2D eigenvalue weighted by atomic mass is 32.1. The van der Waals surface area contributed by atoms with Crippen LogP contribution in [0.2, 0.25) is 0 Å². The lowest BCUT2D eigenvalue weighted by molar-refractivity contribution is -0.136. The highest BCUT2D eigenvalue weighted by molar-refractivity contribution is 7.11. The van der Waals surface area contributed by atoms with Gasteiger partial charge in [0.1, 0.15) is 11.6 Å². The summed E-state index contributed by atoms with van der Waals surface area (Å²) in [6.07, 6.45) is 1.59. The van der Waals surface area contributed by atoms with Crippen LogP contribution >= 0.6 is 11.3 Å². The van der Waals surface area contributed by atoms with E-state index in [1.807, 2.05) is 6.92 Å². The summed E-state index contributed by atoms with van der Waals surface area (Å²) in [7, 11) is 0. The second-order valence-corrected chi connectivity index (χ2v) is 5.69. The number of nitrogens with zero attached hydrogens (tertiary/aromatic N) is 1. The summed E-state index contributed by atoms with van der Waals surface area (Å²) in [6.45, 7) is 2.15. The molecule has 4 nitrogen and oxygen atoms in total. The normalized spacial score (nSPS) is 10.6. The number of thiazole rings is 1. The van der Waals surface area contributed by atoms with E-state index < -0.39 is 11.8 Å². The number of halogens is 1. The second-order valence-electron chi connectivity index (χ2n) is 4.52. The molecule has 21 heavy (non-hydrogen) atoms. The Morgan fingerprint density at radius 1 is 1.43 bits per heavy atom. The molecule has 2 rings (SSSR count). The maximum Gasteiger partial charge on any atom is 0.308 e. The lowest BCUT2D eigenvalue weighted by Crippen LogP contribution is -2.01. The maximum absolute atomic E-state index is 13.4. The average Bonchev–Trinajstić information content (AvgIpc) is 2.80. The number of carbonyl (C=O) groups is 1. The number of carboxylic acid groups (broad SMARTS) is 1. The van der Waals surface area contributed by atoms with Crippen molar-refractivity contribution in [2.45, 2.75) is 32.8 Å². The Kier molecular flexibility index (Phi) is 5.27. The van der Waals surface area contributed by atoms with Gasteiger partial charge in [-0.2, -0.15) is 0 Å². The van der Waals surface area contributed by atoms with E-state index in [2.05, 4.69) is 4.98 Å². The predicted molar refractivity (Wildman–Crippen MR) is 78.2 cm³/mol. The van der Waals surface area contributed by atoms with Crippen LogP contribution in [0.5, 0.6) is 5.75 Å². The van der Waals surface area contributed by atoms with Crippen LogP contribution in [0.15, 0.2) is 24.3 Å². The Hall–Kier alpha value is -1.95. The minimum Gasteiger partial charge on any atom is -0.483 e. The zero-order chi connectivity index (χ0) is 15.2. The van der Waals surface area contributed by atoms with Crippen LogP contribution in [-0.2, 0) is 24.2 Å². The zero-order valence-electron chi connectivity index (χ0n) is 11.6. The number of carboxylic acids is 1. The number of hydrogen-bond acceptors (Lipinski definition) is 4. The predicted octanol–water partition coefficient (Wildman–Crippen LogP) is 3.44. The molecule has 0 amide bonds. The highest BCUT2D eigenvalue weighted by Gasteiger charge is 2.14. The largest absolute Gasteiger partial charge is 0.483 e. The van der Waals surface area contributed by atoms with Gasteiger partial charge in [-0.1, -0.05) is 25.5 Å². The molecule has 2 aromatic rings. The monoisotopic (exact) mass is 309 g/mol. The van der Waals surface area contributed by atoms with E-state index in [0.717, 1.165) is 23.4 Å². The number of aryl methyl sites for hydroxylation is 1. The van der Waals surface area contributed by atoms with Crippen LogP contribution < -0.4 is 4.74 Å². The van der Waals surface area contributed by atoms with Gasteiger partial charge in [-0.05, 0) is 18.6 Å². The first kappa shape index (κ1) is 15.4. The first-order chi connectivity index (χ1) is 10.1. The van der Waals surface area contributed by atoms with Crippen LogP contribution in [0.25, 0.3) is 0 Å². The van der Waals surface area contributed by atoms with Crippen LogP contribution in [0.1, 0.15) is 28.9 Å². The molecule has 0 radical (unpaired) electrons. The third kappa shape index (κ3) is 4.26. The Morgan fingerprint density at radius 2 is 2.19 bits per heavy atom. The molecule has 1 heterocycles. The number of ether oxygens (including phenoxy) is 1. The fraction of sp³-hybridized carbons (Fsp3) is 0.333. The molecule has 0 saturated heterocycles. The molecule has 0 unspecified atom stereocenters. The van der Waals surface area contributed by atoms with Gasteiger partial charge in [-0.3, -0.25) is 4.79 Å². The molecule has 0 aliphatic carbocycles. The molecule has 1 aromatic heterocycles. The minimum absolute atomic E-state index is 0.0350. The van der Waals surface area contributed by atoms with E-state index in [0.29, 0.717) is 5.01 Å². The van der Waals surface area contributed by atoms with Gasteiger partial charge in [0.15, 0.2) is 11.6 Å². The lowest BCUT2D eigenvalue weighted by Gasteiger charge is -2.04. The van der Waals surface area contributed by atoms with E-state index in [1.165, 1.54) is 17.4 Å². The molecule has 0 spiro atoms. The van der Waals surface area contributed by atoms with Crippen molar-refractivity contribution in [2.75, 3.05) is 0 Å². The lowest BCUT2D eigenvalue weighted by atomic mass is 10.2. The summed E-state index contributed by atoms with van der Waals surface area (Å²) in [5.41, 5.74) is 0.803.